The van der Waals surface area contributed by atoms with Crippen LogP contribution in [0, 0.1) is 20.8 Å². The van der Waals surface area contributed by atoms with E-state index in [9.17, 15) is 13.2 Å². The van der Waals surface area contributed by atoms with Crippen LogP contribution in [-0.2, 0) is 16.4 Å². The van der Waals surface area contributed by atoms with E-state index in [0.717, 1.165) is 34.7 Å². The number of piperazine rings is 1. The molecule has 1 fully saturated rings. The maximum Gasteiger partial charge on any atom is 0.265 e. The fourth-order valence-electron chi connectivity index (χ4n) is 3.27. The number of carbonyl (C=O) groups excluding carboxylic acids is 1. The van der Waals surface area contributed by atoms with Crippen molar-refractivity contribution in [1.82, 2.24) is 14.2 Å². The van der Waals surface area contributed by atoms with E-state index >= 15 is 0 Å². The minimum atomic E-state index is -3.54. The van der Waals surface area contributed by atoms with Gasteiger partial charge in [-0.05, 0) is 56.9 Å². The molecule has 8 heteroatoms. The summed E-state index contributed by atoms with van der Waals surface area (Å²) in [4.78, 5) is 20.1. The number of carbonyl (C=O) groups is 1. The van der Waals surface area contributed by atoms with E-state index in [1.165, 1.54) is 15.6 Å². The van der Waals surface area contributed by atoms with Crippen molar-refractivity contribution in [2.24, 2.45) is 0 Å². The molecule has 1 aromatic carbocycles. The molecule has 2 heterocycles. The Labute approximate surface area is 171 Å². The summed E-state index contributed by atoms with van der Waals surface area (Å²) in [5.74, 6) is -0.0411. The van der Waals surface area contributed by atoms with Crippen molar-refractivity contribution >= 4 is 27.3 Å². The van der Waals surface area contributed by atoms with Crippen molar-refractivity contribution in [3.8, 4) is 0 Å². The Morgan fingerprint density at radius 2 is 1.79 bits per heavy atom. The number of thiazole rings is 1. The van der Waals surface area contributed by atoms with E-state index in [1.807, 2.05) is 26.8 Å². The zero-order valence-corrected chi connectivity index (χ0v) is 18.5. The van der Waals surface area contributed by atoms with Gasteiger partial charge in [0.25, 0.3) is 5.91 Å². The van der Waals surface area contributed by atoms with E-state index in [-0.39, 0.29) is 5.91 Å². The Morgan fingerprint density at radius 3 is 2.39 bits per heavy atom. The largest absolute Gasteiger partial charge is 0.335 e. The van der Waals surface area contributed by atoms with Crippen molar-refractivity contribution in [1.29, 1.82) is 0 Å². The molecule has 0 saturated carbocycles. The minimum Gasteiger partial charge on any atom is -0.335 e. The Bertz CT molecular complexity index is 975. The molecule has 3 rings (SSSR count). The smallest absolute Gasteiger partial charge is 0.265 e. The molecule has 0 spiro atoms. The zero-order valence-electron chi connectivity index (χ0n) is 16.9. The maximum atomic E-state index is 12.9. The number of rotatable bonds is 5. The first kappa shape index (κ1) is 21.0. The zero-order chi connectivity index (χ0) is 20.5. The summed E-state index contributed by atoms with van der Waals surface area (Å²) >= 11 is 1.46. The molecule has 28 heavy (non-hydrogen) atoms. The second-order valence-electron chi connectivity index (χ2n) is 7.21. The summed E-state index contributed by atoms with van der Waals surface area (Å²) in [5, 5.41) is 0.985. The molecule has 0 radical (unpaired) electrons. The summed E-state index contributed by atoms with van der Waals surface area (Å²) in [6, 6.07) is 5.21. The Balaban J connectivity index is 1.70. The van der Waals surface area contributed by atoms with Crippen LogP contribution >= 0.6 is 11.3 Å². The quantitative estimate of drug-likeness (QED) is 0.743. The number of amides is 1. The van der Waals surface area contributed by atoms with Gasteiger partial charge in [-0.1, -0.05) is 13.0 Å². The predicted octanol–water partition coefficient (Wildman–Crippen LogP) is 3.17. The number of hydrogen-bond donors (Lipinski definition) is 0. The third-order valence-corrected chi connectivity index (χ3v) is 8.24. The van der Waals surface area contributed by atoms with Gasteiger partial charge in [-0.2, -0.15) is 4.31 Å². The lowest BCUT2D eigenvalue weighted by molar-refractivity contribution is 0.0702. The molecule has 1 aliphatic heterocycles. The first-order chi connectivity index (χ1) is 13.2. The molecular formula is C20H27N3O3S2. The molecule has 0 atom stereocenters. The molecule has 0 N–H and O–H groups in total. The number of hydrogen-bond acceptors (Lipinski definition) is 5. The number of sulfonamides is 1. The molecule has 0 unspecified atom stereocenters. The van der Waals surface area contributed by atoms with Crippen molar-refractivity contribution in [3.63, 3.8) is 0 Å². The summed E-state index contributed by atoms with van der Waals surface area (Å²) in [5.41, 5.74) is 2.79. The fraction of sp³-hybridized carbons (Fsp3) is 0.500. The molecular weight excluding hydrogens is 394 g/mol. The average molecular weight is 422 g/mol. The Hall–Kier alpha value is -1.77. The molecule has 0 aliphatic carbocycles. The van der Waals surface area contributed by atoms with Crippen LogP contribution in [0.1, 0.15) is 44.8 Å². The number of benzene rings is 1. The van der Waals surface area contributed by atoms with Crippen molar-refractivity contribution < 1.29 is 13.2 Å². The minimum absolute atomic E-state index is 0.0411. The Morgan fingerprint density at radius 1 is 1.11 bits per heavy atom. The van der Waals surface area contributed by atoms with E-state index in [4.69, 9.17) is 0 Å². The van der Waals surface area contributed by atoms with Gasteiger partial charge in [0.05, 0.1) is 15.6 Å². The lowest BCUT2D eigenvalue weighted by Crippen LogP contribution is -2.50. The first-order valence-corrected chi connectivity index (χ1v) is 11.8. The lowest BCUT2D eigenvalue weighted by atomic mass is 10.1. The van der Waals surface area contributed by atoms with Crippen LogP contribution in [0.4, 0.5) is 0 Å². The molecule has 152 valence electrons. The van der Waals surface area contributed by atoms with Crippen molar-refractivity contribution in [3.05, 3.63) is 44.9 Å². The third-order valence-electron chi connectivity index (χ3n) is 5.14. The van der Waals surface area contributed by atoms with Gasteiger partial charge in [-0.3, -0.25) is 4.79 Å². The van der Waals surface area contributed by atoms with Gasteiger partial charge in [-0.15, -0.1) is 11.3 Å². The second kappa shape index (κ2) is 8.31. The highest BCUT2D eigenvalue weighted by Crippen LogP contribution is 2.24. The maximum absolute atomic E-state index is 12.9. The number of aromatic nitrogens is 1. The van der Waals surface area contributed by atoms with Gasteiger partial charge >= 0.3 is 0 Å². The van der Waals surface area contributed by atoms with Crippen LogP contribution in [-0.4, -0.2) is 54.7 Å². The normalized spacial score (nSPS) is 15.8. The third kappa shape index (κ3) is 4.14. The molecule has 1 amide bonds. The van der Waals surface area contributed by atoms with E-state index in [1.54, 1.807) is 17.0 Å². The van der Waals surface area contributed by atoms with Crippen LogP contribution < -0.4 is 0 Å². The molecule has 6 nitrogen and oxygen atoms in total. The summed E-state index contributed by atoms with van der Waals surface area (Å²) in [6.45, 7) is 9.23. The van der Waals surface area contributed by atoms with Crippen LogP contribution in [0.5, 0.6) is 0 Å². The highest BCUT2D eigenvalue weighted by molar-refractivity contribution is 7.89. The van der Waals surface area contributed by atoms with Crippen molar-refractivity contribution in [2.75, 3.05) is 26.2 Å². The van der Waals surface area contributed by atoms with Crippen LogP contribution in [0.3, 0.4) is 0 Å². The van der Waals surface area contributed by atoms with E-state index in [2.05, 4.69) is 11.9 Å². The number of aryl methyl sites for hydroxylation is 4. The van der Waals surface area contributed by atoms with Gasteiger partial charge in [0.15, 0.2) is 0 Å². The highest BCUT2D eigenvalue weighted by atomic mass is 32.2. The topological polar surface area (TPSA) is 70.6 Å². The first-order valence-electron chi connectivity index (χ1n) is 9.57. The van der Waals surface area contributed by atoms with Gasteiger partial charge in [-0.25, -0.2) is 13.4 Å². The molecule has 1 aliphatic rings. The average Bonchev–Trinajstić information content (AvgIpc) is 3.04. The molecule has 1 saturated heterocycles. The summed E-state index contributed by atoms with van der Waals surface area (Å²) in [6.07, 6.45) is 1.87. The fourth-order valence-corrected chi connectivity index (χ4v) is 5.91. The second-order valence-corrected chi connectivity index (χ2v) is 10.2. The molecule has 2 aromatic rings. The highest BCUT2D eigenvalue weighted by Gasteiger charge is 2.31. The van der Waals surface area contributed by atoms with Gasteiger partial charge in [0, 0.05) is 26.2 Å². The summed E-state index contributed by atoms with van der Waals surface area (Å²) < 4.78 is 27.4. The molecule has 0 bridgehead atoms. The Kier molecular flexibility index (Phi) is 6.21. The van der Waals surface area contributed by atoms with Gasteiger partial charge in [0.1, 0.15) is 4.88 Å². The van der Waals surface area contributed by atoms with Gasteiger partial charge in [0.2, 0.25) is 10.0 Å². The standard InChI is InChI=1S/C20H27N3O3S2/c1-5-6-18-21-16(4)19(27-18)20(24)22-9-11-23(12-10-22)28(25,26)17-8-7-14(2)15(3)13-17/h7-8,13H,5-6,9-12H2,1-4H3. The number of nitrogens with zero attached hydrogens (tertiary/aromatic N) is 3. The van der Waals surface area contributed by atoms with Crippen LogP contribution in [0.15, 0.2) is 23.1 Å². The lowest BCUT2D eigenvalue weighted by Gasteiger charge is -2.34. The van der Waals surface area contributed by atoms with Crippen LogP contribution in [0.25, 0.3) is 0 Å². The van der Waals surface area contributed by atoms with E-state index < -0.39 is 10.0 Å². The van der Waals surface area contributed by atoms with Gasteiger partial charge < -0.3 is 4.90 Å². The molecule has 1 aromatic heterocycles. The van der Waals surface area contributed by atoms with Crippen molar-refractivity contribution in [2.45, 2.75) is 45.4 Å². The van der Waals surface area contributed by atoms with E-state index in [0.29, 0.717) is 36.0 Å². The predicted molar refractivity (Wildman–Crippen MR) is 111 cm³/mol. The SMILES string of the molecule is CCCc1nc(C)c(C(=O)N2CCN(S(=O)(=O)c3ccc(C)c(C)c3)CC2)s1. The monoisotopic (exact) mass is 421 g/mol. The van der Waals surface area contributed by atoms with Crippen LogP contribution in [0.2, 0.25) is 0 Å². The summed E-state index contributed by atoms with van der Waals surface area (Å²) in [7, 11) is -3.54.